The number of benzene rings is 1. The molecule has 2 N–H and O–H groups in total. The summed E-state index contributed by atoms with van der Waals surface area (Å²) in [5.74, 6) is -0.271. The number of pyridine rings is 1. The van der Waals surface area contributed by atoms with Crippen LogP contribution in [0.25, 0.3) is 0 Å². The number of amides is 1. The van der Waals surface area contributed by atoms with Gasteiger partial charge in [0.05, 0.1) is 23.5 Å². The highest BCUT2D eigenvalue weighted by molar-refractivity contribution is 6.02. The Morgan fingerprint density at radius 1 is 1.13 bits per heavy atom. The third-order valence-corrected chi connectivity index (χ3v) is 3.38. The summed E-state index contributed by atoms with van der Waals surface area (Å²) < 4.78 is 0. The summed E-state index contributed by atoms with van der Waals surface area (Å²) in [7, 11) is 0. The van der Waals surface area contributed by atoms with Gasteiger partial charge in [-0.15, -0.1) is 0 Å². The van der Waals surface area contributed by atoms with Crippen LogP contribution in [-0.4, -0.2) is 17.4 Å². The molecular formula is C18H20N4O. The van der Waals surface area contributed by atoms with E-state index in [0.29, 0.717) is 16.9 Å². The van der Waals surface area contributed by atoms with Gasteiger partial charge >= 0.3 is 0 Å². The predicted octanol–water partition coefficient (Wildman–Crippen LogP) is 3.81. The van der Waals surface area contributed by atoms with Crippen LogP contribution < -0.4 is 10.6 Å². The van der Waals surface area contributed by atoms with Gasteiger partial charge in [-0.3, -0.25) is 4.79 Å². The van der Waals surface area contributed by atoms with E-state index in [1.54, 1.807) is 36.5 Å². The average molecular weight is 308 g/mol. The van der Waals surface area contributed by atoms with E-state index in [-0.39, 0.29) is 5.91 Å². The minimum absolute atomic E-state index is 0.271. The van der Waals surface area contributed by atoms with Crippen molar-refractivity contribution in [2.45, 2.75) is 26.2 Å². The molecule has 0 aliphatic carbocycles. The smallest absolute Gasteiger partial charge is 0.274 e. The summed E-state index contributed by atoms with van der Waals surface area (Å²) in [6, 6.07) is 12.3. The molecule has 2 aromatic rings. The van der Waals surface area contributed by atoms with Gasteiger partial charge in [-0.1, -0.05) is 19.8 Å². The number of aromatic nitrogens is 1. The quantitative estimate of drug-likeness (QED) is 0.762. The number of hydrogen-bond acceptors (Lipinski definition) is 4. The van der Waals surface area contributed by atoms with Crippen LogP contribution in [0.4, 0.5) is 11.4 Å². The van der Waals surface area contributed by atoms with Gasteiger partial charge in [0.25, 0.3) is 5.91 Å². The standard InChI is InChI=1S/C18H20N4O/c1-2-3-4-11-20-16-9-10-17(21-13-16)18(23)22-15-7-5-14(12-19)6-8-15/h5-10,13,20H,2-4,11H2,1H3,(H,22,23). The van der Waals surface area contributed by atoms with Crippen molar-refractivity contribution in [2.24, 2.45) is 0 Å². The lowest BCUT2D eigenvalue weighted by Gasteiger charge is -2.07. The second-order valence-corrected chi connectivity index (χ2v) is 5.21. The molecule has 0 aliphatic rings. The van der Waals surface area contributed by atoms with Crippen molar-refractivity contribution in [3.63, 3.8) is 0 Å². The topological polar surface area (TPSA) is 77.8 Å². The third-order valence-electron chi connectivity index (χ3n) is 3.38. The maximum absolute atomic E-state index is 12.1. The lowest BCUT2D eigenvalue weighted by Crippen LogP contribution is -2.13. The number of rotatable bonds is 7. The first kappa shape index (κ1) is 16.5. The van der Waals surface area contributed by atoms with Gasteiger partial charge in [-0.2, -0.15) is 5.26 Å². The average Bonchev–Trinajstić information content (AvgIpc) is 2.60. The molecular weight excluding hydrogens is 288 g/mol. The van der Waals surface area contributed by atoms with Crippen molar-refractivity contribution in [1.82, 2.24) is 4.98 Å². The van der Waals surface area contributed by atoms with Crippen molar-refractivity contribution in [3.8, 4) is 6.07 Å². The summed E-state index contributed by atoms with van der Waals surface area (Å²) in [6.07, 6.45) is 5.18. The first-order chi connectivity index (χ1) is 11.2. The summed E-state index contributed by atoms with van der Waals surface area (Å²) in [5, 5.41) is 14.8. The summed E-state index contributed by atoms with van der Waals surface area (Å²) in [4.78, 5) is 16.3. The van der Waals surface area contributed by atoms with Gasteiger partial charge in [0.15, 0.2) is 0 Å². The van der Waals surface area contributed by atoms with Crippen molar-refractivity contribution in [1.29, 1.82) is 5.26 Å². The van der Waals surface area contributed by atoms with Crippen LogP contribution in [0.1, 0.15) is 42.2 Å². The highest BCUT2D eigenvalue weighted by Gasteiger charge is 2.07. The largest absolute Gasteiger partial charge is 0.384 e. The van der Waals surface area contributed by atoms with Crippen LogP contribution in [0.15, 0.2) is 42.6 Å². The summed E-state index contributed by atoms with van der Waals surface area (Å²) in [6.45, 7) is 3.08. The van der Waals surface area contributed by atoms with Gasteiger partial charge < -0.3 is 10.6 Å². The van der Waals surface area contributed by atoms with Gasteiger partial charge in [-0.05, 0) is 42.8 Å². The molecule has 0 atom stereocenters. The third kappa shape index (κ3) is 5.11. The molecule has 1 amide bonds. The van der Waals surface area contributed by atoms with Crippen LogP contribution in [0, 0.1) is 11.3 Å². The highest BCUT2D eigenvalue weighted by atomic mass is 16.1. The minimum Gasteiger partial charge on any atom is -0.384 e. The number of unbranched alkanes of at least 4 members (excludes halogenated alkanes) is 2. The lowest BCUT2D eigenvalue weighted by molar-refractivity contribution is 0.102. The Balaban J connectivity index is 1.90. The number of nitrogens with one attached hydrogen (secondary N) is 2. The second-order valence-electron chi connectivity index (χ2n) is 5.21. The zero-order valence-corrected chi connectivity index (χ0v) is 13.2. The number of carbonyl (C=O) groups is 1. The fraction of sp³-hybridized carbons (Fsp3) is 0.278. The fourth-order valence-electron chi connectivity index (χ4n) is 2.06. The number of carbonyl (C=O) groups excluding carboxylic acids is 1. The van der Waals surface area contributed by atoms with Crippen LogP contribution in [0.3, 0.4) is 0 Å². The molecule has 1 aromatic carbocycles. The Hall–Kier alpha value is -2.87. The molecule has 0 spiro atoms. The zero-order valence-electron chi connectivity index (χ0n) is 13.2. The van der Waals surface area contributed by atoms with Crippen molar-refractivity contribution in [2.75, 3.05) is 17.2 Å². The van der Waals surface area contributed by atoms with E-state index in [9.17, 15) is 4.79 Å². The van der Waals surface area contributed by atoms with Crippen molar-refractivity contribution < 1.29 is 4.79 Å². The second kappa shape index (κ2) is 8.54. The summed E-state index contributed by atoms with van der Waals surface area (Å²) in [5.41, 5.74) is 2.46. The van der Waals surface area contributed by atoms with Crippen molar-refractivity contribution in [3.05, 3.63) is 53.9 Å². The number of hydrogen-bond donors (Lipinski definition) is 2. The Morgan fingerprint density at radius 3 is 2.48 bits per heavy atom. The monoisotopic (exact) mass is 308 g/mol. The molecule has 0 radical (unpaired) electrons. The van der Waals surface area contributed by atoms with Crippen LogP contribution in [0.2, 0.25) is 0 Å². The number of nitriles is 1. The van der Waals surface area contributed by atoms with Crippen LogP contribution >= 0.6 is 0 Å². The molecule has 23 heavy (non-hydrogen) atoms. The predicted molar refractivity (Wildman–Crippen MR) is 91.4 cm³/mol. The van der Waals surface area contributed by atoms with E-state index in [1.165, 1.54) is 12.8 Å². The van der Waals surface area contributed by atoms with E-state index in [2.05, 4.69) is 22.5 Å². The van der Waals surface area contributed by atoms with Gasteiger partial charge in [0.1, 0.15) is 5.69 Å². The number of anilines is 2. The highest BCUT2D eigenvalue weighted by Crippen LogP contribution is 2.12. The van der Waals surface area contributed by atoms with E-state index < -0.39 is 0 Å². The molecule has 0 bridgehead atoms. The van der Waals surface area contributed by atoms with E-state index in [0.717, 1.165) is 18.7 Å². The van der Waals surface area contributed by atoms with Gasteiger partial charge in [0.2, 0.25) is 0 Å². The SMILES string of the molecule is CCCCCNc1ccc(C(=O)Nc2ccc(C#N)cc2)nc1. The molecule has 2 rings (SSSR count). The maximum Gasteiger partial charge on any atom is 0.274 e. The van der Waals surface area contributed by atoms with E-state index in [4.69, 9.17) is 5.26 Å². The fourth-order valence-corrected chi connectivity index (χ4v) is 2.06. The molecule has 1 aromatic heterocycles. The first-order valence-electron chi connectivity index (χ1n) is 7.74. The molecule has 118 valence electrons. The van der Waals surface area contributed by atoms with E-state index in [1.807, 2.05) is 12.1 Å². The van der Waals surface area contributed by atoms with Gasteiger partial charge in [-0.25, -0.2) is 4.98 Å². The van der Waals surface area contributed by atoms with Crippen LogP contribution in [0.5, 0.6) is 0 Å². The lowest BCUT2D eigenvalue weighted by atomic mass is 10.2. The summed E-state index contributed by atoms with van der Waals surface area (Å²) >= 11 is 0. The molecule has 5 nitrogen and oxygen atoms in total. The Bertz CT molecular complexity index is 672. The van der Waals surface area contributed by atoms with Gasteiger partial charge in [0, 0.05) is 12.2 Å². The molecule has 0 fully saturated rings. The normalized spacial score (nSPS) is 9.91. The Kier molecular flexibility index (Phi) is 6.13. The zero-order chi connectivity index (χ0) is 16.5. The molecule has 5 heteroatoms. The van der Waals surface area contributed by atoms with E-state index >= 15 is 0 Å². The Labute approximate surface area is 136 Å². The Morgan fingerprint density at radius 2 is 1.87 bits per heavy atom. The molecule has 0 saturated carbocycles. The molecule has 0 saturated heterocycles. The molecule has 0 unspecified atom stereocenters. The maximum atomic E-state index is 12.1. The first-order valence-corrected chi connectivity index (χ1v) is 7.74. The molecule has 1 heterocycles. The molecule has 0 aliphatic heterocycles. The minimum atomic E-state index is -0.271. The number of nitrogens with zero attached hydrogens (tertiary/aromatic N) is 2. The van der Waals surface area contributed by atoms with Crippen molar-refractivity contribution >= 4 is 17.3 Å². The van der Waals surface area contributed by atoms with Crippen LogP contribution in [-0.2, 0) is 0 Å².